The third-order valence-electron chi connectivity index (χ3n) is 3.29. The van der Waals surface area contributed by atoms with Crippen LogP contribution >= 0.6 is 0 Å². The van der Waals surface area contributed by atoms with Crippen molar-refractivity contribution in [1.82, 2.24) is 10.6 Å². The van der Waals surface area contributed by atoms with Crippen LogP contribution in [0.15, 0.2) is 35.3 Å². The van der Waals surface area contributed by atoms with Gasteiger partial charge in [-0.1, -0.05) is 18.2 Å². The van der Waals surface area contributed by atoms with Crippen LogP contribution in [0.25, 0.3) is 0 Å². The second-order valence-corrected chi connectivity index (χ2v) is 4.98. The van der Waals surface area contributed by atoms with Crippen molar-refractivity contribution < 1.29 is 9.47 Å². The lowest BCUT2D eigenvalue weighted by Gasteiger charge is -2.11. The zero-order valence-electron chi connectivity index (χ0n) is 13.4. The fourth-order valence-electron chi connectivity index (χ4n) is 2.18. The van der Waals surface area contributed by atoms with E-state index in [9.17, 15) is 0 Å². The van der Waals surface area contributed by atoms with E-state index in [1.165, 1.54) is 5.56 Å². The molecule has 0 unspecified atom stereocenters. The molecule has 0 radical (unpaired) electrons. The number of guanidine groups is 1. The van der Waals surface area contributed by atoms with E-state index in [0.29, 0.717) is 6.79 Å². The lowest BCUT2D eigenvalue weighted by molar-refractivity contribution is 0.174. The van der Waals surface area contributed by atoms with Crippen LogP contribution in [0.1, 0.15) is 25.8 Å². The Kier molecular flexibility index (Phi) is 6.61. The molecule has 0 atom stereocenters. The van der Waals surface area contributed by atoms with Crippen molar-refractivity contribution in [3.63, 3.8) is 0 Å². The Morgan fingerprint density at radius 2 is 2.14 bits per heavy atom. The van der Waals surface area contributed by atoms with E-state index in [1.807, 2.05) is 19.1 Å². The molecule has 0 bridgehead atoms. The van der Waals surface area contributed by atoms with E-state index in [4.69, 9.17) is 9.47 Å². The minimum absolute atomic E-state index is 0.320. The van der Waals surface area contributed by atoms with Crippen LogP contribution in [0.3, 0.4) is 0 Å². The molecular formula is C17H25N3O2. The van der Waals surface area contributed by atoms with Gasteiger partial charge < -0.3 is 20.1 Å². The van der Waals surface area contributed by atoms with Gasteiger partial charge in [-0.15, -0.1) is 0 Å². The van der Waals surface area contributed by atoms with Gasteiger partial charge in [0.1, 0.15) is 0 Å². The van der Waals surface area contributed by atoms with E-state index in [1.54, 1.807) is 0 Å². The fourth-order valence-corrected chi connectivity index (χ4v) is 2.18. The summed E-state index contributed by atoms with van der Waals surface area (Å²) in [7, 11) is 0. The van der Waals surface area contributed by atoms with Crippen LogP contribution in [-0.2, 0) is 6.42 Å². The Balaban J connectivity index is 1.79. The molecule has 1 aromatic rings. The molecule has 0 saturated carbocycles. The summed E-state index contributed by atoms with van der Waals surface area (Å²) in [4.78, 5) is 4.54. The highest BCUT2D eigenvalue weighted by molar-refractivity contribution is 5.79. The van der Waals surface area contributed by atoms with Gasteiger partial charge in [0, 0.05) is 19.6 Å². The molecule has 0 saturated heterocycles. The monoisotopic (exact) mass is 303 g/mol. The maximum absolute atomic E-state index is 5.40. The Morgan fingerprint density at radius 3 is 2.95 bits per heavy atom. The van der Waals surface area contributed by atoms with Gasteiger partial charge in [0.25, 0.3) is 0 Å². The Labute approximate surface area is 132 Å². The predicted octanol–water partition coefficient (Wildman–Crippen LogP) is 2.48. The van der Waals surface area contributed by atoms with Crippen molar-refractivity contribution in [3.05, 3.63) is 35.9 Å². The predicted molar refractivity (Wildman–Crippen MR) is 89.7 cm³/mol. The van der Waals surface area contributed by atoms with Gasteiger partial charge in [-0.3, -0.25) is 4.99 Å². The first-order valence-electron chi connectivity index (χ1n) is 7.85. The maximum Gasteiger partial charge on any atom is 0.231 e. The molecular weight excluding hydrogens is 278 g/mol. The van der Waals surface area contributed by atoms with Gasteiger partial charge >= 0.3 is 0 Å². The third kappa shape index (κ3) is 4.98. The minimum atomic E-state index is 0.320. The SMILES string of the molecule is C/C=C/CCN=C(NCC)NCCc1ccc2c(c1)OCO2. The lowest BCUT2D eigenvalue weighted by atomic mass is 10.1. The topological polar surface area (TPSA) is 54.9 Å². The molecule has 1 aliphatic rings. The van der Waals surface area contributed by atoms with Crippen molar-refractivity contribution in [3.8, 4) is 11.5 Å². The molecule has 120 valence electrons. The van der Waals surface area contributed by atoms with Crippen LogP contribution in [0.5, 0.6) is 11.5 Å². The highest BCUT2D eigenvalue weighted by Crippen LogP contribution is 2.32. The quantitative estimate of drug-likeness (QED) is 0.352. The smallest absolute Gasteiger partial charge is 0.231 e. The Morgan fingerprint density at radius 1 is 1.27 bits per heavy atom. The Bertz CT molecular complexity index is 527. The first-order chi connectivity index (χ1) is 10.8. The average Bonchev–Trinajstić information content (AvgIpc) is 2.99. The normalized spacial score (nSPS) is 13.6. The molecule has 5 nitrogen and oxygen atoms in total. The summed E-state index contributed by atoms with van der Waals surface area (Å²) in [5, 5.41) is 6.61. The van der Waals surface area contributed by atoms with Gasteiger partial charge in [-0.05, 0) is 44.4 Å². The van der Waals surface area contributed by atoms with Gasteiger partial charge in [-0.2, -0.15) is 0 Å². The third-order valence-corrected chi connectivity index (χ3v) is 3.29. The first-order valence-corrected chi connectivity index (χ1v) is 7.85. The van der Waals surface area contributed by atoms with E-state index >= 15 is 0 Å². The van der Waals surface area contributed by atoms with Crippen molar-refractivity contribution in [1.29, 1.82) is 0 Å². The van der Waals surface area contributed by atoms with Gasteiger partial charge in [0.2, 0.25) is 6.79 Å². The first kappa shape index (κ1) is 16.2. The molecule has 0 spiro atoms. The molecule has 0 aromatic heterocycles. The summed E-state index contributed by atoms with van der Waals surface area (Å²) in [6, 6.07) is 6.08. The second kappa shape index (κ2) is 8.97. The largest absolute Gasteiger partial charge is 0.454 e. The molecule has 1 aromatic carbocycles. The van der Waals surface area contributed by atoms with Crippen LogP contribution < -0.4 is 20.1 Å². The van der Waals surface area contributed by atoms with Crippen LogP contribution in [-0.4, -0.2) is 32.4 Å². The van der Waals surface area contributed by atoms with Gasteiger partial charge in [-0.25, -0.2) is 0 Å². The highest BCUT2D eigenvalue weighted by Gasteiger charge is 2.12. The van der Waals surface area contributed by atoms with E-state index in [0.717, 1.165) is 49.9 Å². The van der Waals surface area contributed by atoms with Crippen LogP contribution in [0.2, 0.25) is 0 Å². The average molecular weight is 303 g/mol. The molecule has 1 aliphatic heterocycles. The van der Waals surface area contributed by atoms with Gasteiger partial charge in [0.05, 0.1) is 0 Å². The molecule has 0 aliphatic carbocycles. The molecule has 1 heterocycles. The van der Waals surface area contributed by atoms with Crippen molar-refractivity contribution in [2.24, 2.45) is 4.99 Å². The van der Waals surface area contributed by atoms with Crippen molar-refractivity contribution in [2.45, 2.75) is 26.7 Å². The number of rotatable bonds is 7. The number of nitrogens with zero attached hydrogens (tertiary/aromatic N) is 1. The number of nitrogens with one attached hydrogen (secondary N) is 2. The van der Waals surface area contributed by atoms with Gasteiger partial charge in [0.15, 0.2) is 17.5 Å². The number of ether oxygens (including phenoxy) is 2. The zero-order valence-corrected chi connectivity index (χ0v) is 13.4. The summed E-state index contributed by atoms with van der Waals surface area (Å²) in [6.45, 7) is 6.90. The number of fused-ring (bicyclic) bond motifs is 1. The number of allylic oxidation sites excluding steroid dienone is 1. The van der Waals surface area contributed by atoms with E-state index in [2.05, 4.69) is 40.8 Å². The zero-order chi connectivity index (χ0) is 15.6. The maximum atomic E-state index is 5.40. The van der Waals surface area contributed by atoms with Crippen LogP contribution in [0.4, 0.5) is 0 Å². The molecule has 0 fully saturated rings. The highest BCUT2D eigenvalue weighted by atomic mass is 16.7. The van der Waals surface area contributed by atoms with E-state index in [-0.39, 0.29) is 0 Å². The molecule has 2 N–H and O–H groups in total. The summed E-state index contributed by atoms with van der Waals surface area (Å²) < 4.78 is 10.7. The lowest BCUT2D eigenvalue weighted by Crippen LogP contribution is -2.38. The minimum Gasteiger partial charge on any atom is -0.454 e. The molecule has 0 amide bonds. The molecule has 22 heavy (non-hydrogen) atoms. The molecule has 5 heteroatoms. The number of hydrogen-bond acceptors (Lipinski definition) is 3. The Hall–Kier alpha value is -2.17. The standard InChI is InChI=1S/C17H25N3O2/c1-3-5-6-10-19-17(18-4-2)20-11-9-14-7-8-15-16(12-14)22-13-21-15/h3,5,7-8,12H,4,6,9-11,13H2,1-2H3,(H2,18,19,20)/b5-3+. The number of aliphatic imine (C=N–C) groups is 1. The fraction of sp³-hybridized carbons (Fsp3) is 0.471. The summed E-state index contributed by atoms with van der Waals surface area (Å²) in [6.07, 6.45) is 6.06. The summed E-state index contributed by atoms with van der Waals surface area (Å²) in [5.41, 5.74) is 1.22. The van der Waals surface area contributed by atoms with Crippen molar-refractivity contribution in [2.75, 3.05) is 26.4 Å². The van der Waals surface area contributed by atoms with Crippen LogP contribution in [0, 0.1) is 0 Å². The van der Waals surface area contributed by atoms with Crippen molar-refractivity contribution >= 4 is 5.96 Å². The summed E-state index contributed by atoms with van der Waals surface area (Å²) in [5.74, 6) is 2.53. The summed E-state index contributed by atoms with van der Waals surface area (Å²) >= 11 is 0. The number of hydrogen-bond donors (Lipinski definition) is 2. The molecule has 2 rings (SSSR count). The number of benzene rings is 1. The second-order valence-electron chi connectivity index (χ2n) is 4.98. The van der Waals surface area contributed by atoms with E-state index < -0.39 is 0 Å².